The highest BCUT2D eigenvalue weighted by Crippen LogP contribution is 2.20. The first-order chi connectivity index (χ1) is 11.0. The molecule has 6 nitrogen and oxygen atoms in total. The van der Waals surface area contributed by atoms with Crippen LogP contribution in [0.3, 0.4) is 0 Å². The number of hydrogen-bond acceptors (Lipinski definition) is 5. The molecule has 0 amide bonds. The van der Waals surface area contributed by atoms with Crippen LogP contribution in [0.5, 0.6) is 0 Å². The first-order valence-corrected chi connectivity index (χ1v) is 8.17. The van der Waals surface area contributed by atoms with Crippen molar-refractivity contribution in [3.05, 3.63) is 39.8 Å². The van der Waals surface area contributed by atoms with E-state index in [0.717, 1.165) is 48.8 Å². The molecule has 1 unspecified atom stereocenters. The maximum absolute atomic E-state index is 13.0. The number of hydrogen-bond donors (Lipinski definition) is 1. The largest absolute Gasteiger partial charge is 0.354 e. The number of nitrogens with zero attached hydrogens (tertiary/aromatic N) is 4. The number of aromatic nitrogens is 2. The maximum Gasteiger partial charge on any atom is 0.263 e. The molecule has 1 aliphatic heterocycles. The fourth-order valence-electron chi connectivity index (χ4n) is 3.10. The van der Waals surface area contributed by atoms with Crippen molar-refractivity contribution in [1.29, 1.82) is 0 Å². The van der Waals surface area contributed by atoms with Gasteiger partial charge in [-0.25, -0.2) is 4.98 Å². The molecule has 0 saturated carbocycles. The Balaban J connectivity index is 2.17. The Morgan fingerprint density at radius 3 is 2.65 bits per heavy atom. The summed E-state index contributed by atoms with van der Waals surface area (Å²) in [6, 6.07) is 3.80. The molecule has 1 fully saturated rings. The molecule has 1 saturated heterocycles. The molecule has 2 aromatic heterocycles. The SMILES string of the molecule is Cc1cccn2c(=O)c(CC(C)N)c(N3CCN(C)CC3)nc12. The van der Waals surface area contributed by atoms with Gasteiger partial charge in [0.15, 0.2) is 0 Å². The second-order valence-corrected chi connectivity index (χ2v) is 6.58. The second kappa shape index (κ2) is 6.29. The lowest BCUT2D eigenvalue weighted by molar-refractivity contribution is 0.311. The highest BCUT2D eigenvalue weighted by Gasteiger charge is 2.22. The number of likely N-dealkylation sites (N-methyl/N-ethyl adjacent to an activating group) is 1. The van der Waals surface area contributed by atoms with Crippen LogP contribution in [-0.4, -0.2) is 53.6 Å². The zero-order valence-electron chi connectivity index (χ0n) is 14.1. The summed E-state index contributed by atoms with van der Waals surface area (Å²) in [6.07, 6.45) is 2.33. The van der Waals surface area contributed by atoms with Gasteiger partial charge in [-0.15, -0.1) is 0 Å². The van der Waals surface area contributed by atoms with Crippen molar-refractivity contribution in [2.75, 3.05) is 38.1 Å². The summed E-state index contributed by atoms with van der Waals surface area (Å²) in [6.45, 7) is 7.64. The van der Waals surface area contributed by atoms with Crippen LogP contribution in [0, 0.1) is 6.92 Å². The predicted molar refractivity (Wildman–Crippen MR) is 93.3 cm³/mol. The molecule has 3 heterocycles. The van der Waals surface area contributed by atoms with E-state index >= 15 is 0 Å². The molecule has 0 aromatic carbocycles. The molecule has 6 heteroatoms. The third-order valence-electron chi connectivity index (χ3n) is 4.45. The standard InChI is InChI=1S/C17H25N5O/c1-12-5-4-6-22-15(12)19-16(14(17(22)23)11-13(2)18)21-9-7-20(3)8-10-21/h4-6,13H,7-11,18H2,1-3H3. The van der Waals surface area contributed by atoms with Crippen molar-refractivity contribution in [2.45, 2.75) is 26.3 Å². The Hall–Kier alpha value is -1.92. The quantitative estimate of drug-likeness (QED) is 0.900. The second-order valence-electron chi connectivity index (χ2n) is 6.58. The molecule has 0 spiro atoms. The average molecular weight is 315 g/mol. The van der Waals surface area contributed by atoms with Crippen molar-refractivity contribution in [2.24, 2.45) is 5.73 Å². The number of anilines is 1. The minimum Gasteiger partial charge on any atom is -0.354 e. The summed E-state index contributed by atoms with van der Waals surface area (Å²) in [5, 5.41) is 0. The third-order valence-corrected chi connectivity index (χ3v) is 4.45. The van der Waals surface area contributed by atoms with Crippen LogP contribution in [0.25, 0.3) is 5.65 Å². The first kappa shape index (κ1) is 16.0. The fourth-order valence-corrected chi connectivity index (χ4v) is 3.10. The molecule has 23 heavy (non-hydrogen) atoms. The molecule has 3 rings (SSSR count). The van der Waals surface area contributed by atoms with Gasteiger partial charge in [0.25, 0.3) is 5.56 Å². The molecular weight excluding hydrogens is 290 g/mol. The average Bonchev–Trinajstić information content (AvgIpc) is 2.51. The molecular formula is C17H25N5O. The molecule has 2 N–H and O–H groups in total. The van der Waals surface area contributed by atoms with Gasteiger partial charge >= 0.3 is 0 Å². The molecule has 124 valence electrons. The lowest BCUT2D eigenvalue weighted by atomic mass is 10.1. The van der Waals surface area contributed by atoms with Crippen LogP contribution in [0.2, 0.25) is 0 Å². The predicted octanol–water partition coefficient (Wildman–Crippen LogP) is 0.644. The van der Waals surface area contributed by atoms with Crippen LogP contribution >= 0.6 is 0 Å². The van der Waals surface area contributed by atoms with Crippen LogP contribution in [-0.2, 0) is 6.42 Å². The molecule has 1 atom stereocenters. The lowest BCUT2D eigenvalue weighted by Gasteiger charge is -2.34. The fraction of sp³-hybridized carbons (Fsp3) is 0.529. The van der Waals surface area contributed by atoms with Gasteiger partial charge in [0.2, 0.25) is 0 Å². The number of rotatable bonds is 3. The number of pyridine rings is 1. The molecule has 0 bridgehead atoms. The van der Waals surface area contributed by atoms with Gasteiger partial charge in [0, 0.05) is 38.4 Å². The highest BCUT2D eigenvalue weighted by molar-refractivity contribution is 5.57. The van der Waals surface area contributed by atoms with E-state index in [-0.39, 0.29) is 11.6 Å². The van der Waals surface area contributed by atoms with E-state index in [4.69, 9.17) is 10.7 Å². The van der Waals surface area contributed by atoms with Crippen LogP contribution < -0.4 is 16.2 Å². The molecule has 0 radical (unpaired) electrons. The van der Waals surface area contributed by atoms with E-state index in [2.05, 4.69) is 16.8 Å². The van der Waals surface area contributed by atoms with Crippen LogP contribution in [0.1, 0.15) is 18.1 Å². The summed E-state index contributed by atoms with van der Waals surface area (Å²) in [4.78, 5) is 22.3. The topological polar surface area (TPSA) is 66.9 Å². The van der Waals surface area contributed by atoms with Gasteiger partial charge in [-0.2, -0.15) is 0 Å². The van der Waals surface area contributed by atoms with Gasteiger partial charge in [-0.3, -0.25) is 9.20 Å². The lowest BCUT2D eigenvalue weighted by Crippen LogP contribution is -2.46. The molecule has 0 aliphatic carbocycles. The molecule has 1 aliphatic rings. The van der Waals surface area contributed by atoms with Gasteiger partial charge in [0.05, 0.1) is 5.56 Å². The Labute approximate surface area is 136 Å². The van der Waals surface area contributed by atoms with Crippen molar-refractivity contribution in [3.63, 3.8) is 0 Å². The zero-order chi connectivity index (χ0) is 16.6. The Morgan fingerprint density at radius 2 is 2.00 bits per heavy atom. The number of nitrogens with two attached hydrogens (primary N) is 1. The van der Waals surface area contributed by atoms with Crippen molar-refractivity contribution in [3.8, 4) is 0 Å². The van der Waals surface area contributed by atoms with Gasteiger partial charge in [-0.05, 0) is 38.9 Å². The summed E-state index contributed by atoms with van der Waals surface area (Å²) in [5.41, 5.74) is 8.46. The monoisotopic (exact) mass is 315 g/mol. The van der Waals surface area contributed by atoms with E-state index in [0.29, 0.717) is 6.42 Å². The maximum atomic E-state index is 13.0. The van der Waals surface area contributed by atoms with Gasteiger partial charge in [-0.1, -0.05) is 6.07 Å². The number of aryl methyl sites for hydroxylation is 1. The smallest absolute Gasteiger partial charge is 0.263 e. The summed E-state index contributed by atoms with van der Waals surface area (Å²) in [7, 11) is 2.12. The Kier molecular flexibility index (Phi) is 4.37. The minimum atomic E-state index is -0.0708. The van der Waals surface area contributed by atoms with E-state index in [9.17, 15) is 4.79 Å². The zero-order valence-corrected chi connectivity index (χ0v) is 14.1. The van der Waals surface area contributed by atoms with E-state index in [1.807, 2.05) is 26.0 Å². The van der Waals surface area contributed by atoms with Gasteiger partial charge in [0.1, 0.15) is 11.5 Å². The Bertz CT molecular complexity index is 759. The first-order valence-electron chi connectivity index (χ1n) is 8.17. The van der Waals surface area contributed by atoms with Crippen LogP contribution in [0.15, 0.2) is 23.1 Å². The highest BCUT2D eigenvalue weighted by atomic mass is 16.1. The summed E-state index contributed by atoms with van der Waals surface area (Å²) < 4.78 is 1.65. The minimum absolute atomic E-state index is 0.00456. The number of piperazine rings is 1. The van der Waals surface area contributed by atoms with E-state index < -0.39 is 0 Å². The van der Waals surface area contributed by atoms with E-state index in [1.165, 1.54) is 0 Å². The third kappa shape index (κ3) is 3.09. The molecule has 2 aromatic rings. The van der Waals surface area contributed by atoms with E-state index in [1.54, 1.807) is 10.6 Å². The van der Waals surface area contributed by atoms with Gasteiger partial charge < -0.3 is 15.5 Å². The normalized spacial score (nSPS) is 17.7. The van der Waals surface area contributed by atoms with Crippen LogP contribution in [0.4, 0.5) is 5.82 Å². The number of fused-ring (bicyclic) bond motifs is 1. The van der Waals surface area contributed by atoms with Crippen molar-refractivity contribution < 1.29 is 0 Å². The van der Waals surface area contributed by atoms with Crippen molar-refractivity contribution >= 4 is 11.5 Å². The summed E-state index contributed by atoms with van der Waals surface area (Å²) >= 11 is 0. The summed E-state index contributed by atoms with van der Waals surface area (Å²) in [5.74, 6) is 0.815. The van der Waals surface area contributed by atoms with Crippen molar-refractivity contribution in [1.82, 2.24) is 14.3 Å². The Morgan fingerprint density at radius 1 is 1.30 bits per heavy atom.